The van der Waals surface area contributed by atoms with Gasteiger partial charge in [-0.1, -0.05) is 53.4 Å². The highest BCUT2D eigenvalue weighted by Crippen LogP contribution is 2.08. The number of hydrogen-bond donors (Lipinski definition) is 2. The minimum absolute atomic E-state index is 0.233. The summed E-state index contributed by atoms with van der Waals surface area (Å²) in [5.41, 5.74) is 0. The van der Waals surface area contributed by atoms with Gasteiger partial charge in [-0.05, 0) is 13.5 Å². The van der Waals surface area contributed by atoms with Gasteiger partial charge in [-0.2, -0.15) is 0 Å². The Hall–Kier alpha value is -1.27. The highest BCUT2D eigenvalue weighted by Gasteiger charge is 2.05. The van der Waals surface area contributed by atoms with Crippen molar-refractivity contribution in [2.24, 2.45) is 5.92 Å². The Balaban J connectivity index is -0.000000341. The molecule has 0 aromatic carbocycles. The number of ketones is 1. The van der Waals surface area contributed by atoms with E-state index in [2.05, 4.69) is 17.6 Å². The van der Waals surface area contributed by atoms with Crippen LogP contribution in [-0.4, -0.2) is 51.8 Å². The number of likely N-dealkylation sites (N-methyl/N-ethyl adjacent to an activating group) is 1. The van der Waals surface area contributed by atoms with Gasteiger partial charge in [-0.15, -0.1) is 0 Å². The molecular weight excluding hydrogens is 332 g/mol. The number of carbonyl (C=O) groups excluding carboxylic acids is 3. The first kappa shape index (κ1) is 29.5. The third kappa shape index (κ3) is 34.1. The van der Waals surface area contributed by atoms with E-state index >= 15 is 0 Å². The fraction of sp³-hybridized carbons (Fsp3) is 0.850. The van der Waals surface area contributed by atoms with Gasteiger partial charge >= 0.3 is 0 Å². The Morgan fingerprint density at radius 2 is 1.58 bits per heavy atom. The summed E-state index contributed by atoms with van der Waals surface area (Å²) >= 11 is 0. The van der Waals surface area contributed by atoms with Crippen molar-refractivity contribution in [1.29, 1.82) is 0 Å². The van der Waals surface area contributed by atoms with E-state index in [4.69, 9.17) is 4.74 Å². The third-order valence-corrected chi connectivity index (χ3v) is 3.31. The van der Waals surface area contributed by atoms with E-state index in [1.165, 1.54) is 25.7 Å². The summed E-state index contributed by atoms with van der Waals surface area (Å²) < 4.78 is 5.09. The number of hydrogen-bond acceptors (Lipinski definition) is 5. The molecular formula is C20H42N2O4. The number of amides is 1. The predicted octanol–water partition coefficient (Wildman–Crippen LogP) is 3.14. The summed E-state index contributed by atoms with van der Waals surface area (Å²) in [5, 5.41) is 5.44. The molecule has 2 N–H and O–H groups in total. The molecule has 0 atom stereocenters. The molecule has 0 aliphatic rings. The Bertz CT molecular complexity index is 298. The molecule has 0 fully saturated rings. The summed E-state index contributed by atoms with van der Waals surface area (Å²) in [6.07, 6.45) is 9.18. The maximum Gasteiger partial charge on any atom is 0.207 e. The number of nitrogens with one attached hydrogen (secondary N) is 2. The third-order valence-electron chi connectivity index (χ3n) is 3.31. The standard InChI is InChI=1S/C11H22O.C6H14N2O2.C3H6O/c1-4-5-6-7-8-9-11(12)10(2)3;1-7-2-4-10-5-3-8-6-9;1-2-3-4/h10H,4-9H2,1-3H3;6-7H,2-5H2,1H3,(H,8,9);3H,2H2,1H3. The zero-order chi connectivity index (χ0) is 20.5. The average molecular weight is 375 g/mol. The molecule has 1 amide bonds. The number of Topliss-reactive ketones (excluding diaryl/α,β-unsaturated/α-hetero) is 1. The van der Waals surface area contributed by atoms with Gasteiger partial charge in [0.1, 0.15) is 12.1 Å². The highest BCUT2D eigenvalue weighted by molar-refractivity contribution is 5.80. The molecule has 0 aliphatic carbocycles. The molecule has 0 bridgehead atoms. The van der Waals surface area contributed by atoms with E-state index < -0.39 is 0 Å². The lowest BCUT2D eigenvalue weighted by Gasteiger charge is -2.02. The molecule has 0 spiro atoms. The molecule has 26 heavy (non-hydrogen) atoms. The minimum atomic E-state index is 0.233. The van der Waals surface area contributed by atoms with Crippen molar-refractivity contribution in [3.8, 4) is 0 Å². The van der Waals surface area contributed by atoms with Crippen LogP contribution in [0.1, 0.15) is 72.6 Å². The number of ether oxygens (including phenoxy) is 1. The largest absolute Gasteiger partial charge is 0.378 e. The zero-order valence-electron chi connectivity index (χ0n) is 17.6. The summed E-state index contributed by atoms with van der Waals surface area (Å²) in [7, 11) is 1.87. The molecule has 0 unspecified atom stereocenters. The predicted molar refractivity (Wildman–Crippen MR) is 108 cm³/mol. The molecule has 0 saturated carbocycles. The van der Waals surface area contributed by atoms with Crippen LogP contribution in [-0.2, 0) is 19.1 Å². The van der Waals surface area contributed by atoms with E-state index in [1.807, 2.05) is 27.8 Å². The van der Waals surface area contributed by atoms with Crippen LogP contribution >= 0.6 is 0 Å². The average Bonchev–Trinajstić information content (AvgIpc) is 2.65. The van der Waals surface area contributed by atoms with Crippen LogP contribution in [0.3, 0.4) is 0 Å². The van der Waals surface area contributed by atoms with Gasteiger partial charge < -0.3 is 20.2 Å². The Morgan fingerprint density at radius 1 is 1.00 bits per heavy atom. The van der Waals surface area contributed by atoms with Crippen LogP contribution in [0, 0.1) is 5.92 Å². The monoisotopic (exact) mass is 374 g/mol. The lowest BCUT2D eigenvalue weighted by Crippen LogP contribution is -2.20. The Labute approximate surface area is 160 Å². The fourth-order valence-corrected chi connectivity index (χ4v) is 1.66. The van der Waals surface area contributed by atoms with Crippen molar-refractivity contribution in [3.05, 3.63) is 0 Å². The molecule has 0 rings (SSSR count). The van der Waals surface area contributed by atoms with Crippen LogP contribution in [0.4, 0.5) is 0 Å². The normalized spacial score (nSPS) is 9.46. The van der Waals surface area contributed by atoms with E-state index in [0.29, 0.717) is 38.4 Å². The topological polar surface area (TPSA) is 84.5 Å². The quantitative estimate of drug-likeness (QED) is 0.340. The van der Waals surface area contributed by atoms with Gasteiger partial charge in [-0.3, -0.25) is 9.59 Å². The summed E-state index contributed by atoms with van der Waals surface area (Å²) in [4.78, 5) is 30.1. The minimum Gasteiger partial charge on any atom is -0.378 e. The summed E-state index contributed by atoms with van der Waals surface area (Å²) in [5.74, 6) is 0.655. The molecule has 156 valence electrons. The Kier molecular flexibility index (Phi) is 32.4. The number of rotatable bonds is 15. The number of unbranched alkanes of at least 4 members (excludes halogenated alkanes) is 4. The number of carbonyl (C=O) groups is 3. The molecule has 0 heterocycles. The second kappa shape index (κ2) is 28.5. The van der Waals surface area contributed by atoms with Gasteiger partial charge in [-0.25, -0.2) is 0 Å². The van der Waals surface area contributed by atoms with E-state index in [1.54, 1.807) is 0 Å². The maximum atomic E-state index is 11.2. The highest BCUT2D eigenvalue weighted by atomic mass is 16.5. The maximum absolute atomic E-state index is 11.2. The zero-order valence-corrected chi connectivity index (χ0v) is 17.6. The lowest BCUT2D eigenvalue weighted by molar-refractivity contribution is -0.122. The molecule has 6 heteroatoms. The summed E-state index contributed by atoms with van der Waals surface area (Å²) in [6.45, 7) is 10.7. The van der Waals surface area contributed by atoms with E-state index in [9.17, 15) is 14.4 Å². The van der Waals surface area contributed by atoms with E-state index in [-0.39, 0.29) is 5.92 Å². The van der Waals surface area contributed by atoms with Crippen LogP contribution < -0.4 is 10.6 Å². The first-order valence-corrected chi connectivity index (χ1v) is 9.87. The van der Waals surface area contributed by atoms with Gasteiger partial charge in [0.05, 0.1) is 13.2 Å². The summed E-state index contributed by atoms with van der Waals surface area (Å²) in [6, 6.07) is 0. The molecule has 0 aromatic rings. The molecule has 0 saturated heterocycles. The number of aldehydes is 1. The van der Waals surface area contributed by atoms with Crippen molar-refractivity contribution >= 4 is 18.5 Å². The van der Waals surface area contributed by atoms with Crippen LogP contribution in [0.5, 0.6) is 0 Å². The Morgan fingerprint density at radius 3 is 2.04 bits per heavy atom. The molecule has 6 nitrogen and oxygen atoms in total. The van der Waals surface area contributed by atoms with E-state index in [0.717, 1.165) is 25.7 Å². The first-order valence-electron chi connectivity index (χ1n) is 9.87. The van der Waals surface area contributed by atoms with Gasteiger partial charge in [0.15, 0.2) is 0 Å². The first-order chi connectivity index (χ1) is 12.5. The smallest absolute Gasteiger partial charge is 0.207 e. The molecule has 0 radical (unpaired) electrons. The second-order valence-corrected chi connectivity index (χ2v) is 6.15. The lowest BCUT2D eigenvalue weighted by atomic mass is 10.0. The molecule has 0 aromatic heterocycles. The molecule has 0 aliphatic heterocycles. The van der Waals surface area contributed by atoms with Crippen molar-refractivity contribution in [3.63, 3.8) is 0 Å². The van der Waals surface area contributed by atoms with Gasteiger partial charge in [0, 0.05) is 31.8 Å². The van der Waals surface area contributed by atoms with Crippen molar-refractivity contribution < 1.29 is 19.1 Å². The van der Waals surface area contributed by atoms with Crippen LogP contribution in [0.15, 0.2) is 0 Å². The fourth-order valence-electron chi connectivity index (χ4n) is 1.66. The van der Waals surface area contributed by atoms with Gasteiger partial charge in [0.2, 0.25) is 6.41 Å². The SMILES string of the molecule is CCC=O.CCCCCCCC(=O)C(C)C.CNCCOCCNC=O. The second-order valence-electron chi connectivity index (χ2n) is 6.15. The van der Waals surface area contributed by atoms with Gasteiger partial charge in [0.25, 0.3) is 0 Å². The van der Waals surface area contributed by atoms with Crippen molar-refractivity contribution in [2.75, 3.05) is 33.4 Å². The van der Waals surface area contributed by atoms with Crippen LogP contribution in [0.25, 0.3) is 0 Å². The van der Waals surface area contributed by atoms with Crippen molar-refractivity contribution in [2.45, 2.75) is 72.6 Å². The van der Waals surface area contributed by atoms with Crippen molar-refractivity contribution in [1.82, 2.24) is 10.6 Å². The van der Waals surface area contributed by atoms with Crippen LogP contribution in [0.2, 0.25) is 0 Å².